The van der Waals surface area contributed by atoms with E-state index >= 15 is 0 Å². The van der Waals surface area contributed by atoms with Crippen LogP contribution in [0.15, 0.2) is 24.3 Å². The summed E-state index contributed by atoms with van der Waals surface area (Å²) in [6, 6.07) is 6.56. The molecule has 18 heavy (non-hydrogen) atoms. The first-order valence-corrected chi connectivity index (χ1v) is 6.07. The van der Waals surface area contributed by atoms with Gasteiger partial charge in [-0.3, -0.25) is 0 Å². The van der Waals surface area contributed by atoms with Crippen LogP contribution in [0.3, 0.4) is 0 Å². The van der Waals surface area contributed by atoms with Crippen LogP contribution >= 0.6 is 0 Å². The molecule has 0 radical (unpaired) electrons. The van der Waals surface area contributed by atoms with Crippen LogP contribution in [-0.2, 0) is 13.0 Å². The van der Waals surface area contributed by atoms with Crippen molar-refractivity contribution >= 4 is 0 Å². The van der Waals surface area contributed by atoms with Gasteiger partial charge in [-0.2, -0.15) is 0 Å². The van der Waals surface area contributed by atoms with Crippen molar-refractivity contribution in [2.24, 2.45) is 5.92 Å². The highest BCUT2D eigenvalue weighted by Gasteiger charge is 2.23. The van der Waals surface area contributed by atoms with E-state index in [1.165, 1.54) is 6.07 Å². The quantitative estimate of drug-likeness (QED) is 0.877. The summed E-state index contributed by atoms with van der Waals surface area (Å²) in [7, 11) is 0. The number of hydrogen-bond acceptors (Lipinski definition) is 3. The summed E-state index contributed by atoms with van der Waals surface area (Å²) in [5, 5.41) is 17.4. The molecule has 0 fully saturated rings. The van der Waals surface area contributed by atoms with Crippen molar-refractivity contribution in [1.29, 1.82) is 0 Å². The topological polar surface area (TPSA) is 50.9 Å². The molecule has 1 aliphatic heterocycles. The number of aryl methyl sites for hydroxylation is 1. The molecule has 0 spiro atoms. The molecule has 0 bridgehead atoms. The van der Waals surface area contributed by atoms with Gasteiger partial charge < -0.3 is 9.67 Å². The van der Waals surface area contributed by atoms with Gasteiger partial charge in [0.05, 0.1) is 5.56 Å². The van der Waals surface area contributed by atoms with Crippen LogP contribution < -0.4 is 0 Å². The zero-order chi connectivity index (χ0) is 12.5. The van der Waals surface area contributed by atoms with Crippen LogP contribution in [0.25, 0.3) is 11.4 Å². The molecule has 2 aromatic rings. The van der Waals surface area contributed by atoms with Crippen molar-refractivity contribution in [1.82, 2.24) is 14.8 Å². The number of halogens is 1. The van der Waals surface area contributed by atoms with E-state index in [1.807, 2.05) is 4.57 Å². The van der Waals surface area contributed by atoms with E-state index in [-0.39, 0.29) is 18.3 Å². The Morgan fingerprint density at radius 2 is 2.17 bits per heavy atom. The number of aliphatic hydroxyl groups excluding tert-OH is 1. The lowest BCUT2D eigenvalue weighted by molar-refractivity contribution is 0.191. The Kier molecular flexibility index (Phi) is 2.83. The number of fused-ring (bicyclic) bond motifs is 1. The summed E-state index contributed by atoms with van der Waals surface area (Å²) < 4.78 is 15.7. The van der Waals surface area contributed by atoms with Crippen molar-refractivity contribution in [3.05, 3.63) is 35.9 Å². The molecular weight excluding hydrogens is 233 g/mol. The Morgan fingerprint density at radius 3 is 2.94 bits per heavy atom. The molecule has 1 unspecified atom stereocenters. The molecule has 4 nitrogen and oxygen atoms in total. The SMILES string of the molecule is OCC1CCc2nnc(-c3ccccc3F)n2C1. The largest absolute Gasteiger partial charge is 0.396 e. The average Bonchev–Trinajstić information content (AvgIpc) is 2.82. The monoisotopic (exact) mass is 247 g/mol. The predicted molar refractivity (Wildman–Crippen MR) is 64.3 cm³/mol. The van der Waals surface area contributed by atoms with Gasteiger partial charge in [-0.15, -0.1) is 10.2 Å². The fraction of sp³-hybridized carbons (Fsp3) is 0.385. The van der Waals surface area contributed by atoms with Gasteiger partial charge >= 0.3 is 0 Å². The van der Waals surface area contributed by atoms with Crippen molar-refractivity contribution in [2.45, 2.75) is 19.4 Å². The van der Waals surface area contributed by atoms with Crippen LogP contribution in [0, 0.1) is 11.7 Å². The number of rotatable bonds is 2. The minimum absolute atomic E-state index is 0.147. The summed E-state index contributed by atoms with van der Waals surface area (Å²) in [6.07, 6.45) is 1.69. The van der Waals surface area contributed by atoms with Gasteiger partial charge in [0.15, 0.2) is 5.82 Å². The predicted octanol–water partition coefficient (Wildman–Crippen LogP) is 1.64. The fourth-order valence-corrected chi connectivity index (χ4v) is 2.39. The summed E-state index contributed by atoms with van der Waals surface area (Å²) in [6.45, 7) is 0.802. The van der Waals surface area contributed by atoms with Crippen LogP contribution in [0.4, 0.5) is 4.39 Å². The maximum absolute atomic E-state index is 13.8. The number of nitrogens with zero attached hydrogens (tertiary/aromatic N) is 3. The lowest BCUT2D eigenvalue weighted by atomic mass is 10.00. The van der Waals surface area contributed by atoms with Crippen molar-refractivity contribution in [2.75, 3.05) is 6.61 Å². The van der Waals surface area contributed by atoms with Crippen LogP contribution in [0.1, 0.15) is 12.2 Å². The molecule has 0 saturated carbocycles. The van der Waals surface area contributed by atoms with Gasteiger partial charge in [0.25, 0.3) is 0 Å². The number of hydrogen-bond donors (Lipinski definition) is 1. The molecule has 0 saturated heterocycles. The Balaban J connectivity index is 2.05. The molecule has 1 aromatic carbocycles. The number of aliphatic hydroxyl groups is 1. The van der Waals surface area contributed by atoms with Crippen LogP contribution in [-0.4, -0.2) is 26.5 Å². The lowest BCUT2D eigenvalue weighted by Gasteiger charge is -2.22. The smallest absolute Gasteiger partial charge is 0.166 e. The van der Waals surface area contributed by atoms with Gasteiger partial charge in [-0.25, -0.2) is 4.39 Å². The highest BCUT2D eigenvalue weighted by molar-refractivity contribution is 5.56. The molecule has 94 valence electrons. The highest BCUT2D eigenvalue weighted by Crippen LogP contribution is 2.26. The molecule has 2 heterocycles. The van der Waals surface area contributed by atoms with Crippen molar-refractivity contribution < 1.29 is 9.50 Å². The van der Waals surface area contributed by atoms with Crippen molar-refractivity contribution in [3.63, 3.8) is 0 Å². The second-order valence-corrected chi connectivity index (χ2v) is 4.62. The van der Waals surface area contributed by atoms with Gasteiger partial charge in [0, 0.05) is 25.5 Å². The Bertz CT molecular complexity index is 567. The maximum atomic E-state index is 13.8. The molecule has 1 aliphatic rings. The van der Waals surface area contributed by atoms with Gasteiger partial charge in [0.1, 0.15) is 11.6 Å². The fourth-order valence-electron chi connectivity index (χ4n) is 2.39. The summed E-state index contributed by atoms with van der Waals surface area (Å²) >= 11 is 0. The molecule has 1 N–H and O–H groups in total. The molecular formula is C13H14FN3O. The second-order valence-electron chi connectivity index (χ2n) is 4.62. The first kappa shape index (κ1) is 11.3. The molecule has 1 atom stereocenters. The lowest BCUT2D eigenvalue weighted by Crippen LogP contribution is -2.23. The van der Waals surface area contributed by atoms with E-state index in [4.69, 9.17) is 0 Å². The summed E-state index contributed by atoms with van der Waals surface area (Å²) in [5.41, 5.74) is 0.467. The molecule has 0 amide bonds. The third-order valence-electron chi connectivity index (χ3n) is 3.42. The molecule has 3 rings (SSSR count). The Morgan fingerprint density at radius 1 is 1.33 bits per heavy atom. The van der Waals surface area contributed by atoms with Crippen molar-refractivity contribution in [3.8, 4) is 11.4 Å². The third-order valence-corrected chi connectivity index (χ3v) is 3.42. The van der Waals surface area contributed by atoms with Crippen LogP contribution in [0.2, 0.25) is 0 Å². The van der Waals surface area contributed by atoms with Gasteiger partial charge in [-0.1, -0.05) is 12.1 Å². The van der Waals surface area contributed by atoms with E-state index in [2.05, 4.69) is 10.2 Å². The Hall–Kier alpha value is -1.75. The standard InChI is InChI=1S/C13H14FN3O/c14-11-4-2-1-3-10(11)13-16-15-12-6-5-9(8-18)7-17(12)13/h1-4,9,18H,5-8H2. The first-order chi connectivity index (χ1) is 8.79. The third kappa shape index (κ3) is 1.80. The second kappa shape index (κ2) is 4.49. The van der Waals surface area contributed by atoms with Crippen LogP contribution in [0.5, 0.6) is 0 Å². The summed E-state index contributed by atoms with van der Waals surface area (Å²) in [4.78, 5) is 0. The van der Waals surface area contributed by atoms with Gasteiger partial charge in [-0.05, 0) is 18.6 Å². The highest BCUT2D eigenvalue weighted by atomic mass is 19.1. The zero-order valence-electron chi connectivity index (χ0n) is 9.88. The number of aromatic nitrogens is 3. The van der Waals surface area contributed by atoms with E-state index in [1.54, 1.807) is 18.2 Å². The normalized spacial score (nSPS) is 18.7. The van der Waals surface area contributed by atoms with E-state index < -0.39 is 0 Å². The molecule has 5 heteroatoms. The average molecular weight is 247 g/mol. The summed E-state index contributed by atoms with van der Waals surface area (Å²) in [5.74, 6) is 1.34. The first-order valence-electron chi connectivity index (χ1n) is 6.07. The number of benzene rings is 1. The van der Waals surface area contributed by atoms with E-state index in [0.29, 0.717) is 17.9 Å². The maximum Gasteiger partial charge on any atom is 0.166 e. The molecule has 1 aromatic heterocycles. The minimum atomic E-state index is -0.293. The van der Waals surface area contributed by atoms with Gasteiger partial charge in [0.2, 0.25) is 0 Å². The molecule has 0 aliphatic carbocycles. The van der Waals surface area contributed by atoms with E-state index in [0.717, 1.165) is 18.7 Å². The zero-order valence-corrected chi connectivity index (χ0v) is 9.88. The Labute approximate surface area is 104 Å². The minimum Gasteiger partial charge on any atom is -0.396 e. The van der Waals surface area contributed by atoms with E-state index in [9.17, 15) is 9.50 Å².